The van der Waals surface area contributed by atoms with E-state index in [4.69, 9.17) is 19.3 Å². The van der Waals surface area contributed by atoms with Crippen LogP contribution in [0.25, 0.3) is 0 Å². The number of thiazole rings is 1. The van der Waals surface area contributed by atoms with E-state index >= 15 is 0 Å². The molecule has 2 amide bonds. The second-order valence-electron chi connectivity index (χ2n) is 16.4. The molecule has 3 heterocycles. The van der Waals surface area contributed by atoms with Crippen LogP contribution >= 0.6 is 45.7 Å². The number of aromatic nitrogens is 1. The van der Waals surface area contributed by atoms with Crippen LogP contribution in [-0.4, -0.2) is 73.2 Å². The Labute approximate surface area is 405 Å². The third-order valence-corrected chi connectivity index (χ3v) is 13.8. The fraction of sp³-hybridized carbons (Fsp3) is 0.216. The van der Waals surface area contributed by atoms with E-state index in [0.717, 1.165) is 33.4 Å². The zero-order valence-electron chi connectivity index (χ0n) is 36.3. The normalized spacial score (nSPS) is 16.2. The molecule has 336 valence electrons. The molecule has 8 rings (SSSR count). The summed E-state index contributed by atoms with van der Waals surface area (Å²) in [6.07, 6.45) is -0.724. The van der Waals surface area contributed by atoms with Crippen molar-refractivity contribution in [3.63, 3.8) is 0 Å². The van der Waals surface area contributed by atoms with Gasteiger partial charge >= 0.3 is 11.9 Å². The number of hydrogen-bond donors (Lipinski definition) is 2. The van der Waals surface area contributed by atoms with Gasteiger partial charge in [0, 0.05) is 15.6 Å². The zero-order chi connectivity index (χ0) is 46.3. The molecule has 2 N–H and O–H groups in total. The molecular formula is C51H46IN5O7S2. The molecule has 66 heavy (non-hydrogen) atoms. The van der Waals surface area contributed by atoms with Crippen LogP contribution in [-0.2, 0) is 39.0 Å². The van der Waals surface area contributed by atoms with Gasteiger partial charge in [0.25, 0.3) is 11.8 Å². The number of nitrogens with one attached hydrogen (secondary N) is 2. The molecule has 1 aromatic heterocycles. The number of β-lactam (4-membered cyclic amide) rings is 1. The van der Waals surface area contributed by atoms with Gasteiger partial charge < -0.3 is 24.9 Å². The minimum atomic E-state index is -1.03. The van der Waals surface area contributed by atoms with Gasteiger partial charge in [-0.1, -0.05) is 179 Å². The average molecular weight is 1030 g/mol. The number of alkyl halides is 1. The van der Waals surface area contributed by atoms with E-state index in [1.54, 1.807) is 26.2 Å². The molecule has 2 aliphatic heterocycles. The van der Waals surface area contributed by atoms with Crippen molar-refractivity contribution in [2.24, 2.45) is 5.16 Å². The Hall–Kier alpha value is -6.30. The van der Waals surface area contributed by atoms with Gasteiger partial charge in [0.2, 0.25) is 6.61 Å². The lowest BCUT2D eigenvalue weighted by atomic mass is 9.77. The van der Waals surface area contributed by atoms with Gasteiger partial charge in [0.15, 0.2) is 16.9 Å². The van der Waals surface area contributed by atoms with Crippen molar-refractivity contribution in [1.82, 2.24) is 15.2 Å². The molecule has 12 nitrogen and oxygen atoms in total. The maximum absolute atomic E-state index is 14.4. The van der Waals surface area contributed by atoms with Crippen molar-refractivity contribution in [1.29, 1.82) is 0 Å². The summed E-state index contributed by atoms with van der Waals surface area (Å²) in [6, 6.07) is 47.8. The monoisotopic (exact) mass is 1030 g/mol. The fourth-order valence-electron chi connectivity index (χ4n) is 7.84. The van der Waals surface area contributed by atoms with Gasteiger partial charge in [-0.15, -0.1) is 23.1 Å². The summed E-state index contributed by atoms with van der Waals surface area (Å²) >= 11 is 4.87. The Morgan fingerprint density at radius 1 is 0.803 bits per heavy atom. The number of amides is 2. The maximum Gasteiger partial charge on any atom is 0.356 e. The Morgan fingerprint density at radius 2 is 1.32 bits per heavy atom. The minimum Gasteiger partial charge on any atom is -0.457 e. The van der Waals surface area contributed by atoms with E-state index in [0.29, 0.717) is 15.3 Å². The van der Waals surface area contributed by atoms with Crippen LogP contribution in [0.3, 0.4) is 0 Å². The summed E-state index contributed by atoms with van der Waals surface area (Å²) in [7, 11) is 0. The van der Waals surface area contributed by atoms with Crippen molar-refractivity contribution in [3.05, 3.63) is 202 Å². The number of anilines is 1. The molecule has 0 bridgehead atoms. The highest BCUT2D eigenvalue weighted by molar-refractivity contribution is 14.1. The Kier molecular flexibility index (Phi) is 14.3. The van der Waals surface area contributed by atoms with Gasteiger partial charge in [-0.25, -0.2) is 14.6 Å². The molecule has 1 unspecified atom stereocenters. The molecular weight excluding hydrogens is 986 g/mol. The third kappa shape index (κ3) is 10.1. The van der Waals surface area contributed by atoms with Crippen LogP contribution in [0, 0.1) is 0 Å². The van der Waals surface area contributed by atoms with Crippen LogP contribution in [0.2, 0.25) is 0 Å². The molecule has 6 aromatic rings. The number of halogens is 1. The van der Waals surface area contributed by atoms with Crippen LogP contribution in [0.1, 0.15) is 60.4 Å². The smallest absolute Gasteiger partial charge is 0.356 e. The average Bonchev–Trinajstić information content (AvgIpc) is 3.81. The predicted octanol–water partition coefficient (Wildman–Crippen LogP) is 9.03. The first kappa shape index (κ1) is 46.2. The Bertz CT molecular complexity index is 2600. The van der Waals surface area contributed by atoms with Crippen LogP contribution < -0.4 is 10.6 Å². The molecule has 0 aliphatic carbocycles. The van der Waals surface area contributed by atoms with E-state index in [1.165, 1.54) is 28.0 Å². The van der Waals surface area contributed by atoms with Crippen molar-refractivity contribution in [2.75, 3.05) is 22.1 Å². The summed E-state index contributed by atoms with van der Waals surface area (Å²) in [5.74, 6) is -2.15. The highest BCUT2D eigenvalue weighted by Crippen LogP contribution is 2.43. The molecule has 1 fully saturated rings. The van der Waals surface area contributed by atoms with E-state index in [9.17, 15) is 19.2 Å². The first-order chi connectivity index (χ1) is 32.0. The first-order valence-corrected chi connectivity index (χ1v) is 24.6. The number of ether oxygens (including phenoxy) is 2. The molecule has 2 atom stereocenters. The van der Waals surface area contributed by atoms with Crippen molar-refractivity contribution in [3.8, 4) is 0 Å². The highest BCUT2D eigenvalue weighted by Gasteiger charge is 2.55. The number of fused-ring (bicyclic) bond motifs is 1. The molecule has 1 saturated heterocycles. The van der Waals surface area contributed by atoms with Crippen molar-refractivity contribution in [2.45, 2.75) is 49.4 Å². The second kappa shape index (κ2) is 20.5. The van der Waals surface area contributed by atoms with Gasteiger partial charge in [-0.05, 0) is 54.2 Å². The number of carbonyl (C=O) groups excluding carboxylic acids is 4. The largest absolute Gasteiger partial charge is 0.457 e. The standard InChI is InChI=1S/C51H46IN5O7S2/c1-50(2,3)64-40(58)30-62-56-41(39-32-66-49(53-39)55-51(36-23-13-6-14-24-36,37-25-15-7-16-26-37)38-27-17-8-18-28-38)45(59)54-42-46(60)57-43(35(29-52)31-65-47(42)57)48(61)63-44(33-19-9-4-10-20-33)34-21-11-5-12-22-34/h4-28,32,42,44,47H,29-31H2,1-3H3,(H,53,55)(H,54,59)/b56-41-/t42?,47-/m1/s1. The van der Waals surface area contributed by atoms with Crippen LogP contribution in [0.5, 0.6) is 0 Å². The first-order valence-electron chi connectivity index (χ1n) is 21.1. The molecule has 0 radical (unpaired) electrons. The topological polar surface area (TPSA) is 149 Å². The van der Waals surface area contributed by atoms with Crippen LogP contribution in [0.4, 0.5) is 5.13 Å². The number of benzene rings is 5. The number of oxime groups is 1. The zero-order valence-corrected chi connectivity index (χ0v) is 40.0. The van der Waals surface area contributed by atoms with E-state index in [2.05, 4.69) is 38.4 Å². The summed E-state index contributed by atoms with van der Waals surface area (Å²) < 4.78 is 12.1. The highest BCUT2D eigenvalue weighted by atomic mass is 127. The fourth-order valence-corrected chi connectivity index (χ4v) is 10.9. The lowest BCUT2D eigenvalue weighted by molar-refractivity contribution is -0.160. The molecule has 2 aliphatic rings. The maximum atomic E-state index is 14.4. The third-order valence-electron chi connectivity index (χ3n) is 10.8. The summed E-state index contributed by atoms with van der Waals surface area (Å²) in [5, 5.41) is 12.2. The Morgan fingerprint density at radius 3 is 1.82 bits per heavy atom. The number of hydrogen-bond acceptors (Lipinski definition) is 12. The molecule has 5 aromatic carbocycles. The number of nitrogens with zero attached hydrogens (tertiary/aromatic N) is 3. The van der Waals surface area contributed by atoms with Crippen LogP contribution in [0.15, 0.2) is 173 Å². The molecule has 0 spiro atoms. The number of thioether (sulfide) groups is 1. The number of rotatable bonds is 16. The summed E-state index contributed by atoms with van der Waals surface area (Å²) in [6.45, 7) is 4.61. The van der Waals surface area contributed by atoms with E-state index < -0.39 is 59.0 Å². The number of carbonyl (C=O) groups is 4. The van der Waals surface area contributed by atoms with Gasteiger partial charge in [0.05, 0.1) is 0 Å². The lowest BCUT2D eigenvalue weighted by Crippen LogP contribution is -2.71. The minimum absolute atomic E-state index is 0.136. The summed E-state index contributed by atoms with van der Waals surface area (Å²) in [5.41, 5.74) is 3.49. The van der Waals surface area contributed by atoms with E-state index in [-0.39, 0.29) is 17.1 Å². The molecule has 0 saturated carbocycles. The SMILES string of the molecule is CC(C)(C)OC(=O)CO/N=C(\C(=O)NC1C(=O)N2C(C(=O)OC(c3ccccc3)c3ccccc3)=C(CI)CS[C@H]12)c1csc(NC(c2ccccc2)(c2ccccc2)c2ccccc2)n1. The van der Waals surface area contributed by atoms with Gasteiger partial charge in [0.1, 0.15) is 33.9 Å². The summed E-state index contributed by atoms with van der Waals surface area (Å²) in [4.78, 5) is 67.3. The van der Waals surface area contributed by atoms with Gasteiger partial charge in [-0.2, -0.15) is 0 Å². The van der Waals surface area contributed by atoms with E-state index in [1.807, 2.05) is 152 Å². The second-order valence-corrected chi connectivity index (χ2v) is 19.1. The predicted molar refractivity (Wildman–Crippen MR) is 265 cm³/mol. The molecule has 15 heteroatoms. The van der Waals surface area contributed by atoms with Gasteiger partial charge in [-0.3, -0.25) is 14.5 Å². The number of esters is 2. The van der Waals surface area contributed by atoms with Crippen molar-refractivity contribution >= 4 is 80.3 Å². The lowest BCUT2D eigenvalue weighted by Gasteiger charge is -2.49. The Balaban J connectivity index is 1.08. The van der Waals surface area contributed by atoms with Crippen molar-refractivity contribution < 1.29 is 33.5 Å². The quantitative estimate of drug-likeness (QED) is 0.0183.